The summed E-state index contributed by atoms with van der Waals surface area (Å²) in [5.41, 5.74) is 6.88. The fourth-order valence-corrected chi connectivity index (χ4v) is 3.83. The van der Waals surface area contributed by atoms with Gasteiger partial charge in [0, 0.05) is 31.0 Å². The molecule has 12 heteroatoms. The SMILES string of the molecule is C[C@@H](NC(=O)C1C=CC2=C(N1)N(C(=O)Nc1cc(N)ccn1)[C@H]1CCN2C1)C(F)(F)F. The Morgan fingerprint density at radius 2 is 2.16 bits per heavy atom. The van der Waals surface area contributed by atoms with Crippen molar-refractivity contribution < 1.29 is 22.8 Å². The van der Waals surface area contributed by atoms with E-state index in [0.717, 1.165) is 13.5 Å². The van der Waals surface area contributed by atoms with E-state index >= 15 is 0 Å². The summed E-state index contributed by atoms with van der Waals surface area (Å²) in [6, 6.07) is -0.570. The number of allylic oxidation sites excluding steroid dienone is 1. The van der Waals surface area contributed by atoms with Crippen molar-refractivity contribution in [2.75, 3.05) is 24.1 Å². The van der Waals surface area contributed by atoms with Crippen molar-refractivity contribution >= 4 is 23.4 Å². The van der Waals surface area contributed by atoms with E-state index in [0.29, 0.717) is 30.2 Å². The quantitative estimate of drug-likeness (QED) is 0.568. The van der Waals surface area contributed by atoms with Crippen LogP contribution in [0.4, 0.5) is 29.5 Å². The Bertz CT molecular complexity index is 962. The van der Waals surface area contributed by atoms with Crippen molar-refractivity contribution in [2.24, 2.45) is 0 Å². The third-order valence-electron chi connectivity index (χ3n) is 5.46. The number of halogens is 3. The normalized spacial score (nSPS) is 23.2. The molecule has 9 nitrogen and oxygen atoms in total. The van der Waals surface area contributed by atoms with Crippen molar-refractivity contribution in [1.29, 1.82) is 0 Å². The molecule has 2 bridgehead atoms. The fourth-order valence-electron chi connectivity index (χ4n) is 3.83. The van der Waals surface area contributed by atoms with Gasteiger partial charge < -0.3 is 21.3 Å². The molecule has 3 aliphatic rings. The molecule has 1 unspecified atom stereocenters. The summed E-state index contributed by atoms with van der Waals surface area (Å²) < 4.78 is 38.4. The number of nitrogens with zero attached hydrogens (tertiary/aromatic N) is 3. The first kappa shape index (κ1) is 20.8. The largest absolute Gasteiger partial charge is 0.408 e. The summed E-state index contributed by atoms with van der Waals surface area (Å²) in [5.74, 6) is -0.192. The number of carbonyl (C=O) groups excluding carboxylic acids is 2. The molecule has 0 radical (unpaired) electrons. The van der Waals surface area contributed by atoms with Gasteiger partial charge in [0.2, 0.25) is 5.91 Å². The van der Waals surface area contributed by atoms with Gasteiger partial charge >= 0.3 is 12.2 Å². The van der Waals surface area contributed by atoms with Gasteiger partial charge in [0.25, 0.3) is 0 Å². The number of anilines is 2. The lowest BCUT2D eigenvalue weighted by atomic mass is 10.1. The molecule has 3 atom stereocenters. The lowest BCUT2D eigenvalue weighted by Gasteiger charge is -2.41. The minimum atomic E-state index is -4.55. The summed E-state index contributed by atoms with van der Waals surface area (Å²) in [5, 5.41) is 7.58. The maximum atomic E-state index is 13.1. The van der Waals surface area contributed by atoms with E-state index in [4.69, 9.17) is 5.73 Å². The van der Waals surface area contributed by atoms with Gasteiger partial charge in [-0.05, 0) is 25.5 Å². The Kier molecular flexibility index (Phi) is 5.15. The van der Waals surface area contributed by atoms with E-state index in [1.54, 1.807) is 12.1 Å². The van der Waals surface area contributed by atoms with Crippen LogP contribution in [0.5, 0.6) is 0 Å². The predicted octanol–water partition coefficient (Wildman–Crippen LogP) is 1.35. The molecule has 1 saturated heterocycles. The van der Waals surface area contributed by atoms with Crippen LogP contribution in [-0.4, -0.2) is 64.1 Å². The van der Waals surface area contributed by atoms with Crippen LogP contribution < -0.4 is 21.7 Å². The highest BCUT2D eigenvalue weighted by molar-refractivity contribution is 5.91. The molecular formula is C19H22F3N7O2. The second kappa shape index (κ2) is 7.67. The zero-order chi connectivity index (χ0) is 22.3. The number of alkyl halides is 3. The maximum Gasteiger partial charge on any atom is 0.408 e. The number of amides is 3. The first-order valence-corrected chi connectivity index (χ1v) is 9.76. The monoisotopic (exact) mass is 437 g/mol. The van der Waals surface area contributed by atoms with Crippen LogP contribution >= 0.6 is 0 Å². The van der Waals surface area contributed by atoms with Crippen LogP contribution in [0.15, 0.2) is 42.0 Å². The number of carbonyl (C=O) groups is 2. The van der Waals surface area contributed by atoms with Crippen LogP contribution in [-0.2, 0) is 4.79 Å². The molecule has 1 aromatic rings. The molecule has 1 fully saturated rings. The van der Waals surface area contributed by atoms with E-state index in [2.05, 4.69) is 20.5 Å². The molecule has 3 aliphatic heterocycles. The van der Waals surface area contributed by atoms with Crippen LogP contribution in [0.2, 0.25) is 0 Å². The minimum Gasteiger partial charge on any atom is -0.399 e. The Morgan fingerprint density at radius 1 is 1.39 bits per heavy atom. The predicted molar refractivity (Wildman–Crippen MR) is 106 cm³/mol. The average Bonchev–Trinajstić information content (AvgIpc) is 3.11. The first-order chi connectivity index (χ1) is 14.6. The van der Waals surface area contributed by atoms with E-state index < -0.39 is 30.2 Å². The zero-order valence-electron chi connectivity index (χ0n) is 16.6. The average molecular weight is 437 g/mol. The highest BCUT2D eigenvalue weighted by atomic mass is 19.4. The molecular weight excluding hydrogens is 415 g/mol. The summed E-state index contributed by atoms with van der Waals surface area (Å²) in [4.78, 5) is 33.1. The van der Waals surface area contributed by atoms with Gasteiger partial charge in [-0.1, -0.05) is 6.08 Å². The van der Waals surface area contributed by atoms with Crippen LogP contribution in [0.25, 0.3) is 0 Å². The third-order valence-corrected chi connectivity index (χ3v) is 5.46. The Morgan fingerprint density at radius 3 is 2.87 bits per heavy atom. The van der Waals surface area contributed by atoms with Gasteiger partial charge in [0.15, 0.2) is 0 Å². The molecule has 0 saturated carbocycles. The summed E-state index contributed by atoms with van der Waals surface area (Å²) >= 11 is 0. The minimum absolute atomic E-state index is 0.156. The zero-order valence-corrected chi connectivity index (χ0v) is 16.6. The van der Waals surface area contributed by atoms with Crippen molar-refractivity contribution in [3.05, 3.63) is 42.0 Å². The van der Waals surface area contributed by atoms with Gasteiger partial charge in [0.05, 0.1) is 11.7 Å². The lowest BCUT2D eigenvalue weighted by molar-refractivity contribution is -0.158. The van der Waals surface area contributed by atoms with Crippen LogP contribution in [0, 0.1) is 0 Å². The van der Waals surface area contributed by atoms with E-state index in [9.17, 15) is 22.8 Å². The third kappa shape index (κ3) is 4.09. The van der Waals surface area contributed by atoms with E-state index in [-0.39, 0.29) is 11.9 Å². The van der Waals surface area contributed by atoms with Gasteiger partial charge in [-0.2, -0.15) is 13.2 Å². The molecule has 31 heavy (non-hydrogen) atoms. The van der Waals surface area contributed by atoms with Gasteiger partial charge in [-0.15, -0.1) is 0 Å². The number of fused-ring (bicyclic) bond motifs is 3. The molecule has 0 aliphatic carbocycles. The molecule has 1 aromatic heterocycles. The lowest BCUT2D eigenvalue weighted by Crippen LogP contribution is -2.57. The van der Waals surface area contributed by atoms with Crippen molar-refractivity contribution in [3.63, 3.8) is 0 Å². The number of urea groups is 1. The van der Waals surface area contributed by atoms with Gasteiger partial charge in [-0.25, -0.2) is 9.78 Å². The second-order valence-corrected chi connectivity index (χ2v) is 7.65. The molecule has 166 valence electrons. The van der Waals surface area contributed by atoms with Crippen molar-refractivity contribution in [2.45, 2.75) is 37.6 Å². The van der Waals surface area contributed by atoms with Gasteiger partial charge in [0.1, 0.15) is 23.7 Å². The molecule has 4 heterocycles. The number of nitrogen functional groups attached to an aromatic ring is 1. The van der Waals surface area contributed by atoms with Crippen LogP contribution in [0.3, 0.4) is 0 Å². The first-order valence-electron chi connectivity index (χ1n) is 9.76. The van der Waals surface area contributed by atoms with E-state index in [1.807, 2.05) is 5.32 Å². The second-order valence-electron chi connectivity index (χ2n) is 7.65. The van der Waals surface area contributed by atoms with Crippen molar-refractivity contribution in [3.8, 4) is 0 Å². The molecule has 4 rings (SSSR count). The highest BCUT2D eigenvalue weighted by Crippen LogP contribution is 2.33. The smallest absolute Gasteiger partial charge is 0.399 e. The Hall–Kier alpha value is -3.44. The highest BCUT2D eigenvalue weighted by Gasteiger charge is 2.43. The number of nitrogens with two attached hydrogens (primary N) is 1. The molecule has 3 amide bonds. The topological polar surface area (TPSA) is 116 Å². The summed E-state index contributed by atoms with van der Waals surface area (Å²) in [6.45, 7) is 2.21. The Balaban J connectivity index is 1.54. The number of pyridine rings is 1. The number of nitrogens with one attached hydrogen (secondary N) is 3. The maximum absolute atomic E-state index is 13.1. The van der Waals surface area contributed by atoms with E-state index in [1.165, 1.54) is 23.2 Å². The molecule has 0 aromatic carbocycles. The summed E-state index contributed by atoms with van der Waals surface area (Å²) in [7, 11) is 0. The fraction of sp³-hybridized carbons (Fsp3) is 0.421. The number of rotatable bonds is 3. The number of hydrogen-bond donors (Lipinski definition) is 4. The van der Waals surface area contributed by atoms with Crippen LogP contribution in [0.1, 0.15) is 13.3 Å². The standard InChI is InChI=1S/C19H22F3N7O2/c1-10(19(20,21)22)25-17(30)13-2-3-14-16(26-13)29(12-5-7-28(14)9-12)18(31)27-15-8-11(23)4-6-24-15/h2-4,6,8,10,12-13,26H,5,7,9H2,1H3,(H,25,30)(H3,23,24,27,31)/t10-,12+,13?/m1/s1. The number of dihydropyridines is 1. The molecule has 5 N–H and O–H groups in total. The van der Waals surface area contributed by atoms with Gasteiger partial charge in [-0.3, -0.25) is 15.0 Å². The Labute approximate surface area is 176 Å². The number of aromatic nitrogens is 1. The molecule has 0 spiro atoms. The summed E-state index contributed by atoms with van der Waals surface area (Å²) in [6.07, 6.45) is 0.778. The number of hydrogen-bond acceptors (Lipinski definition) is 6. The van der Waals surface area contributed by atoms with Crippen molar-refractivity contribution in [1.82, 2.24) is 25.4 Å².